The molecule has 20 heavy (non-hydrogen) atoms. The molecule has 0 radical (unpaired) electrons. The highest BCUT2D eigenvalue weighted by atomic mass is 32.2. The SMILES string of the molecule is CCOC(=O)CCS(=O)(=O)N1CCCCC1CCNC. The molecule has 0 spiro atoms. The van der Waals surface area contributed by atoms with Crippen molar-refractivity contribution in [3.05, 3.63) is 0 Å². The number of hydrogen-bond acceptors (Lipinski definition) is 5. The minimum absolute atomic E-state index is 0.0587. The second kappa shape index (κ2) is 8.59. The highest BCUT2D eigenvalue weighted by Gasteiger charge is 2.32. The molecule has 0 aromatic rings. The van der Waals surface area contributed by atoms with Gasteiger partial charge >= 0.3 is 5.97 Å². The summed E-state index contributed by atoms with van der Waals surface area (Å²) >= 11 is 0. The lowest BCUT2D eigenvalue weighted by Crippen LogP contribution is -2.45. The van der Waals surface area contributed by atoms with Crippen LogP contribution in [0.15, 0.2) is 0 Å². The van der Waals surface area contributed by atoms with E-state index in [0.29, 0.717) is 6.54 Å². The van der Waals surface area contributed by atoms with Crippen LogP contribution in [-0.2, 0) is 19.6 Å². The van der Waals surface area contributed by atoms with Gasteiger partial charge in [-0.05, 0) is 39.8 Å². The first-order valence-electron chi connectivity index (χ1n) is 7.31. The van der Waals surface area contributed by atoms with Crippen LogP contribution in [-0.4, -0.2) is 57.2 Å². The van der Waals surface area contributed by atoms with Gasteiger partial charge in [0.15, 0.2) is 0 Å². The molecule has 1 aliphatic heterocycles. The molecule has 1 atom stereocenters. The van der Waals surface area contributed by atoms with E-state index in [1.807, 2.05) is 7.05 Å². The lowest BCUT2D eigenvalue weighted by atomic mass is 10.0. The summed E-state index contributed by atoms with van der Waals surface area (Å²) in [6.45, 7) is 3.37. The highest BCUT2D eigenvalue weighted by molar-refractivity contribution is 7.89. The molecule has 0 saturated carbocycles. The predicted molar refractivity (Wildman–Crippen MR) is 77.9 cm³/mol. The van der Waals surface area contributed by atoms with Crippen LogP contribution in [0.5, 0.6) is 0 Å². The summed E-state index contributed by atoms with van der Waals surface area (Å²) in [6.07, 6.45) is 3.62. The Morgan fingerprint density at radius 3 is 2.80 bits per heavy atom. The van der Waals surface area contributed by atoms with Gasteiger partial charge < -0.3 is 10.1 Å². The fourth-order valence-electron chi connectivity index (χ4n) is 2.50. The van der Waals surface area contributed by atoms with Crippen LogP contribution < -0.4 is 5.32 Å². The summed E-state index contributed by atoms with van der Waals surface area (Å²) in [5, 5.41) is 3.06. The summed E-state index contributed by atoms with van der Waals surface area (Å²) < 4.78 is 31.1. The quantitative estimate of drug-likeness (QED) is 0.669. The van der Waals surface area contributed by atoms with Gasteiger partial charge in [0.05, 0.1) is 18.8 Å². The largest absolute Gasteiger partial charge is 0.466 e. The topological polar surface area (TPSA) is 75.7 Å². The van der Waals surface area contributed by atoms with Gasteiger partial charge in [-0.2, -0.15) is 4.31 Å². The Bertz CT molecular complexity index is 397. The van der Waals surface area contributed by atoms with Gasteiger partial charge in [-0.25, -0.2) is 8.42 Å². The summed E-state index contributed by atoms with van der Waals surface area (Å²) in [4.78, 5) is 11.3. The van der Waals surface area contributed by atoms with Crippen LogP contribution in [0, 0.1) is 0 Å². The maximum atomic E-state index is 12.4. The molecule has 1 fully saturated rings. The maximum absolute atomic E-state index is 12.4. The Kier molecular flexibility index (Phi) is 7.47. The molecule has 0 bridgehead atoms. The molecule has 0 aliphatic carbocycles. The lowest BCUT2D eigenvalue weighted by Gasteiger charge is -2.34. The third kappa shape index (κ3) is 5.38. The Morgan fingerprint density at radius 2 is 2.15 bits per heavy atom. The van der Waals surface area contributed by atoms with Gasteiger partial charge in [0.1, 0.15) is 0 Å². The van der Waals surface area contributed by atoms with Crippen molar-refractivity contribution in [1.82, 2.24) is 9.62 Å². The number of ether oxygens (including phenoxy) is 1. The van der Waals surface area contributed by atoms with E-state index in [9.17, 15) is 13.2 Å². The van der Waals surface area contributed by atoms with Crippen LogP contribution in [0.4, 0.5) is 0 Å². The Labute approximate surface area is 121 Å². The molecule has 0 aromatic heterocycles. The number of nitrogens with one attached hydrogen (secondary N) is 1. The first kappa shape index (κ1) is 17.4. The van der Waals surface area contributed by atoms with E-state index < -0.39 is 16.0 Å². The Balaban J connectivity index is 2.60. The van der Waals surface area contributed by atoms with Crippen LogP contribution in [0.2, 0.25) is 0 Å². The molecule has 1 unspecified atom stereocenters. The minimum atomic E-state index is -3.37. The molecule has 118 valence electrons. The van der Waals surface area contributed by atoms with Crippen LogP contribution in [0.25, 0.3) is 0 Å². The van der Waals surface area contributed by atoms with E-state index in [-0.39, 0.29) is 24.8 Å². The second-order valence-electron chi connectivity index (χ2n) is 5.02. The summed E-state index contributed by atoms with van der Waals surface area (Å²) in [7, 11) is -1.51. The van der Waals surface area contributed by atoms with Gasteiger partial charge in [-0.1, -0.05) is 6.42 Å². The van der Waals surface area contributed by atoms with Gasteiger partial charge in [-0.3, -0.25) is 4.79 Å². The third-order valence-corrected chi connectivity index (χ3v) is 5.44. The molecular formula is C13H26N2O4S. The number of carbonyl (C=O) groups is 1. The number of sulfonamides is 1. The highest BCUT2D eigenvalue weighted by Crippen LogP contribution is 2.23. The van der Waals surface area contributed by atoms with Crippen molar-refractivity contribution < 1.29 is 17.9 Å². The van der Waals surface area contributed by atoms with Crippen molar-refractivity contribution in [2.45, 2.75) is 45.1 Å². The average Bonchev–Trinajstić information content (AvgIpc) is 2.44. The summed E-state index contributed by atoms with van der Waals surface area (Å²) in [6, 6.07) is 0.0587. The number of esters is 1. The molecule has 7 heteroatoms. The fourth-order valence-corrected chi connectivity index (χ4v) is 4.23. The van der Waals surface area contributed by atoms with Gasteiger partial charge in [0, 0.05) is 12.6 Å². The van der Waals surface area contributed by atoms with Crippen LogP contribution >= 0.6 is 0 Å². The lowest BCUT2D eigenvalue weighted by molar-refractivity contribution is -0.142. The van der Waals surface area contributed by atoms with Crippen molar-refractivity contribution in [3.8, 4) is 0 Å². The predicted octanol–water partition coefficient (Wildman–Crippen LogP) is 0.733. The second-order valence-corrected chi connectivity index (χ2v) is 7.06. The van der Waals surface area contributed by atoms with E-state index in [1.165, 1.54) is 0 Å². The van der Waals surface area contributed by atoms with Crippen molar-refractivity contribution in [3.63, 3.8) is 0 Å². The van der Waals surface area contributed by atoms with Crippen molar-refractivity contribution in [2.24, 2.45) is 0 Å². The monoisotopic (exact) mass is 306 g/mol. The third-order valence-electron chi connectivity index (χ3n) is 3.53. The number of rotatable bonds is 8. The van der Waals surface area contributed by atoms with E-state index >= 15 is 0 Å². The zero-order valence-corrected chi connectivity index (χ0v) is 13.2. The summed E-state index contributed by atoms with van der Waals surface area (Å²) in [5.74, 6) is -0.595. The Morgan fingerprint density at radius 1 is 1.40 bits per heavy atom. The fraction of sp³-hybridized carbons (Fsp3) is 0.923. The zero-order valence-electron chi connectivity index (χ0n) is 12.4. The standard InChI is InChI=1S/C13H26N2O4S/c1-3-19-13(16)8-11-20(17,18)15-10-5-4-6-12(15)7-9-14-2/h12,14H,3-11H2,1-2H3. The molecule has 1 heterocycles. The smallest absolute Gasteiger partial charge is 0.306 e. The van der Waals surface area contributed by atoms with Crippen molar-refractivity contribution in [2.75, 3.05) is 32.5 Å². The number of hydrogen-bond donors (Lipinski definition) is 1. The minimum Gasteiger partial charge on any atom is -0.466 e. The molecular weight excluding hydrogens is 280 g/mol. The van der Waals surface area contributed by atoms with E-state index in [1.54, 1.807) is 11.2 Å². The first-order valence-corrected chi connectivity index (χ1v) is 8.92. The first-order chi connectivity index (χ1) is 9.51. The normalized spacial score (nSPS) is 20.8. The van der Waals surface area contributed by atoms with E-state index in [2.05, 4.69) is 5.32 Å². The summed E-state index contributed by atoms with van der Waals surface area (Å²) in [5.41, 5.74) is 0. The van der Waals surface area contributed by atoms with Crippen molar-refractivity contribution >= 4 is 16.0 Å². The number of carbonyl (C=O) groups excluding carboxylic acids is 1. The number of nitrogens with zero attached hydrogens (tertiary/aromatic N) is 1. The number of piperidine rings is 1. The molecule has 1 aliphatic rings. The van der Waals surface area contributed by atoms with Gasteiger partial charge in [0.2, 0.25) is 10.0 Å². The zero-order chi connectivity index (χ0) is 15.0. The molecule has 1 rings (SSSR count). The van der Waals surface area contributed by atoms with Crippen LogP contribution in [0.1, 0.15) is 39.0 Å². The van der Waals surface area contributed by atoms with Gasteiger partial charge in [-0.15, -0.1) is 0 Å². The molecule has 0 aromatic carbocycles. The van der Waals surface area contributed by atoms with E-state index in [4.69, 9.17) is 4.74 Å². The molecule has 6 nitrogen and oxygen atoms in total. The Hall–Kier alpha value is -0.660. The molecule has 0 amide bonds. The average molecular weight is 306 g/mol. The van der Waals surface area contributed by atoms with E-state index in [0.717, 1.165) is 32.2 Å². The van der Waals surface area contributed by atoms with Gasteiger partial charge in [0.25, 0.3) is 0 Å². The molecule has 1 saturated heterocycles. The van der Waals surface area contributed by atoms with Crippen LogP contribution in [0.3, 0.4) is 0 Å². The van der Waals surface area contributed by atoms with Crippen molar-refractivity contribution in [1.29, 1.82) is 0 Å². The maximum Gasteiger partial charge on any atom is 0.306 e. The molecule has 1 N–H and O–H groups in total.